The number of amides is 2. The van der Waals surface area contributed by atoms with Gasteiger partial charge in [0.15, 0.2) is 0 Å². The maximum absolute atomic E-state index is 11.5. The fraction of sp³-hybridized carbons (Fsp3) is 0.833. The zero-order valence-electron chi connectivity index (χ0n) is 11.1. The molecule has 0 spiro atoms. The van der Waals surface area contributed by atoms with E-state index in [4.69, 9.17) is 9.47 Å². The van der Waals surface area contributed by atoms with Crippen LogP contribution in [-0.2, 0) is 14.3 Å². The van der Waals surface area contributed by atoms with Crippen molar-refractivity contribution in [2.45, 2.75) is 26.7 Å². The molecule has 1 aliphatic heterocycles. The summed E-state index contributed by atoms with van der Waals surface area (Å²) in [6, 6.07) is -0.337. The van der Waals surface area contributed by atoms with Crippen molar-refractivity contribution in [1.29, 1.82) is 0 Å². The molecule has 18 heavy (non-hydrogen) atoms. The van der Waals surface area contributed by atoms with E-state index in [9.17, 15) is 9.59 Å². The van der Waals surface area contributed by atoms with Crippen molar-refractivity contribution in [3.63, 3.8) is 0 Å². The van der Waals surface area contributed by atoms with Crippen molar-refractivity contribution >= 4 is 12.0 Å². The van der Waals surface area contributed by atoms with E-state index in [2.05, 4.69) is 17.6 Å². The Morgan fingerprint density at radius 1 is 1.28 bits per heavy atom. The molecule has 0 unspecified atom stereocenters. The number of rotatable bonds is 5. The topological polar surface area (TPSA) is 76.7 Å². The van der Waals surface area contributed by atoms with Gasteiger partial charge in [0.05, 0.1) is 6.61 Å². The molecule has 0 aromatic heterocycles. The minimum atomic E-state index is -0.426. The van der Waals surface area contributed by atoms with Crippen LogP contribution in [0.4, 0.5) is 4.79 Å². The lowest BCUT2D eigenvalue weighted by Crippen LogP contribution is -2.45. The highest BCUT2D eigenvalue weighted by Gasteiger charge is 2.27. The van der Waals surface area contributed by atoms with Gasteiger partial charge in [0.1, 0.15) is 6.54 Å². The van der Waals surface area contributed by atoms with Crippen molar-refractivity contribution in [2.75, 3.05) is 32.9 Å². The normalized spacial score (nSPS) is 17.9. The highest BCUT2D eigenvalue weighted by molar-refractivity contribution is 5.80. The summed E-state index contributed by atoms with van der Waals surface area (Å²) in [5.74, 6) is -0.426. The molecule has 1 saturated heterocycles. The number of carbonyl (C=O) groups is 2. The predicted molar refractivity (Wildman–Crippen MR) is 66.2 cm³/mol. The van der Waals surface area contributed by atoms with Crippen LogP contribution in [0.5, 0.6) is 0 Å². The van der Waals surface area contributed by atoms with Crippen LogP contribution in [0.2, 0.25) is 0 Å². The van der Waals surface area contributed by atoms with E-state index in [1.54, 1.807) is 6.92 Å². The van der Waals surface area contributed by atoms with Crippen LogP contribution in [0.3, 0.4) is 0 Å². The van der Waals surface area contributed by atoms with Crippen molar-refractivity contribution in [3.05, 3.63) is 0 Å². The van der Waals surface area contributed by atoms with Gasteiger partial charge in [0.25, 0.3) is 0 Å². The zero-order valence-corrected chi connectivity index (χ0v) is 11.1. The molecule has 0 saturated carbocycles. The second-order valence-electron chi connectivity index (χ2n) is 4.76. The average Bonchev–Trinajstić information content (AvgIpc) is 2.35. The summed E-state index contributed by atoms with van der Waals surface area (Å²) in [6.45, 7) is 6.14. The second kappa shape index (κ2) is 7.20. The average molecular weight is 258 g/mol. The Labute approximate surface area is 107 Å². The van der Waals surface area contributed by atoms with Crippen LogP contribution in [0, 0.1) is 5.41 Å². The fourth-order valence-corrected chi connectivity index (χ4v) is 1.76. The summed E-state index contributed by atoms with van der Waals surface area (Å²) >= 11 is 0. The molecular weight excluding hydrogens is 236 g/mol. The van der Waals surface area contributed by atoms with Crippen LogP contribution in [0.1, 0.15) is 26.7 Å². The largest absolute Gasteiger partial charge is 0.465 e. The molecule has 0 aromatic carbocycles. The maximum Gasteiger partial charge on any atom is 0.325 e. The number of hydrogen-bond donors (Lipinski definition) is 2. The monoisotopic (exact) mass is 258 g/mol. The molecule has 1 aliphatic rings. The van der Waals surface area contributed by atoms with Gasteiger partial charge in [-0.2, -0.15) is 0 Å². The SMILES string of the molecule is CCOC(=O)CNC(=O)NCC1(C)CCOCC1. The summed E-state index contributed by atoms with van der Waals surface area (Å²) in [5.41, 5.74) is 0.0829. The molecule has 1 heterocycles. The van der Waals surface area contributed by atoms with Gasteiger partial charge in [0.2, 0.25) is 0 Å². The molecule has 0 aromatic rings. The number of carbonyl (C=O) groups excluding carboxylic acids is 2. The lowest BCUT2D eigenvalue weighted by molar-refractivity contribution is -0.141. The van der Waals surface area contributed by atoms with Gasteiger partial charge < -0.3 is 20.1 Å². The molecule has 0 bridgehead atoms. The third-order valence-corrected chi connectivity index (χ3v) is 3.07. The first-order chi connectivity index (χ1) is 8.56. The predicted octanol–water partition coefficient (Wildman–Crippen LogP) is 0.665. The number of nitrogens with one attached hydrogen (secondary N) is 2. The molecule has 6 heteroatoms. The Morgan fingerprint density at radius 2 is 1.94 bits per heavy atom. The Hall–Kier alpha value is -1.30. The van der Waals surface area contributed by atoms with Gasteiger partial charge in [-0.05, 0) is 25.2 Å². The van der Waals surface area contributed by atoms with E-state index >= 15 is 0 Å². The van der Waals surface area contributed by atoms with Crippen LogP contribution < -0.4 is 10.6 Å². The van der Waals surface area contributed by atoms with Gasteiger partial charge in [-0.15, -0.1) is 0 Å². The van der Waals surface area contributed by atoms with Gasteiger partial charge in [-0.1, -0.05) is 6.92 Å². The molecule has 104 valence electrons. The summed E-state index contributed by atoms with van der Waals surface area (Å²) in [7, 11) is 0. The van der Waals surface area contributed by atoms with E-state index in [1.165, 1.54) is 0 Å². The highest BCUT2D eigenvalue weighted by Crippen LogP contribution is 2.28. The first-order valence-corrected chi connectivity index (χ1v) is 6.31. The van der Waals surface area contributed by atoms with E-state index < -0.39 is 5.97 Å². The smallest absolute Gasteiger partial charge is 0.325 e. The minimum Gasteiger partial charge on any atom is -0.465 e. The number of urea groups is 1. The Morgan fingerprint density at radius 3 is 2.56 bits per heavy atom. The van der Waals surface area contributed by atoms with Gasteiger partial charge in [0, 0.05) is 19.8 Å². The molecule has 2 N–H and O–H groups in total. The third kappa shape index (κ3) is 5.35. The second-order valence-corrected chi connectivity index (χ2v) is 4.76. The third-order valence-electron chi connectivity index (χ3n) is 3.07. The first-order valence-electron chi connectivity index (χ1n) is 6.31. The lowest BCUT2D eigenvalue weighted by atomic mass is 9.82. The number of hydrogen-bond acceptors (Lipinski definition) is 4. The zero-order chi connectivity index (χ0) is 13.4. The number of esters is 1. The van der Waals surface area contributed by atoms with Crippen LogP contribution >= 0.6 is 0 Å². The molecule has 0 aliphatic carbocycles. The molecule has 0 atom stereocenters. The fourth-order valence-electron chi connectivity index (χ4n) is 1.76. The molecule has 1 rings (SSSR count). The van der Waals surface area contributed by atoms with Crippen molar-refractivity contribution in [1.82, 2.24) is 10.6 Å². The Balaban J connectivity index is 2.18. The van der Waals surface area contributed by atoms with Crippen LogP contribution in [0.25, 0.3) is 0 Å². The molecule has 0 radical (unpaired) electrons. The highest BCUT2D eigenvalue weighted by atomic mass is 16.5. The Bertz CT molecular complexity index is 288. The molecule has 1 fully saturated rings. The Kier molecular flexibility index (Phi) is 5.91. The van der Waals surface area contributed by atoms with Crippen molar-refractivity contribution in [2.24, 2.45) is 5.41 Å². The quantitative estimate of drug-likeness (QED) is 0.710. The van der Waals surface area contributed by atoms with Gasteiger partial charge in [-0.3, -0.25) is 4.79 Å². The van der Waals surface area contributed by atoms with Gasteiger partial charge >= 0.3 is 12.0 Å². The maximum atomic E-state index is 11.5. The standard InChI is InChI=1S/C12H22N2O4/c1-3-18-10(15)8-13-11(16)14-9-12(2)4-6-17-7-5-12/h3-9H2,1-2H3,(H2,13,14,16). The first kappa shape index (κ1) is 14.8. The lowest BCUT2D eigenvalue weighted by Gasteiger charge is -2.33. The van der Waals surface area contributed by atoms with Gasteiger partial charge in [-0.25, -0.2) is 4.79 Å². The summed E-state index contributed by atoms with van der Waals surface area (Å²) in [5, 5.41) is 5.25. The molecule has 2 amide bonds. The van der Waals surface area contributed by atoms with E-state index in [1.807, 2.05) is 0 Å². The summed E-state index contributed by atoms with van der Waals surface area (Å²) in [6.07, 6.45) is 1.87. The van der Waals surface area contributed by atoms with Crippen molar-refractivity contribution < 1.29 is 19.1 Å². The van der Waals surface area contributed by atoms with E-state index in [0.717, 1.165) is 26.1 Å². The van der Waals surface area contributed by atoms with Crippen molar-refractivity contribution in [3.8, 4) is 0 Å². The van der Waals surface area contributed by atoms with Crippen LogP contribution in [-0.4, -0.2) is 44.9 Å². The number of ether oxygens (including phenoxy) is 2. The van der Waals surface area contributed by atoms with E-state index in [-0.39, 0.29) is 18.0 Å². The summed E-state index contributed by atoms with van der Waals surface area (Å²) in [4.78, 5) is 22.5. The van der Waals surface area contributed by atoms with Crippen LogP contribution in [0.15, 0.2) is 0 Å². The summed E-state index contributed by atoms with van der Waals surface area (Å²) < 4.78 is 10.00. The molecule has 6 nitrogen and oxygen atoms in total. The minimum absolute atomic E-state index is 0.0829. The molecular formula is C12H22N2O4. The van der Waals surface area contributed by atoms with E-state index in [0.29, 0.717) is 13.2 Å².